The first kappa shape index (κ1) is 13.0. The van der Waals surface area contributed by atoms with Gasteiger partial charge in [0.05, 0.1) is 10.4 Å². The highest BCUT2D eigenvalue weighted by Gasteiger charge is 2.38. The number of carbonyl (C=O) groups excluding carboxylic acids is 1. The van der Waals surface area contributed by atoms with Gasteiger partial charge in [-0.1, -0.05) is 37.4 Å². The third kappa shape index (κ3) is 2.35. The molecule has 1 aromatic rings. The molecule has 3 N–H and O–H groups in total. The molecule has 0 atom stereocenters. The number of hydrogen-bond donors (Lipinski definition) is 2. The molecule has 7 heteroatoms. The molecule has 0 aromatic carbocycles. The van der Waals surface area contributed by atoms with E-state index < -0.39 is 5.41 Å². The normalized spacial score (nSPS) is 11.1. The molecule has 0 aliphatic carbocycles. The van der Waals surface area contributed by atoms with Crippen molar-refractivity contribution in [1.29, 1.82) is 0 Å². The van der Waals surface area contributed by atoms with Gasteiger partial charge in [0.15, 0.2) is 0 Å². The van der Waals surface area contributed by atoms with Crippen molar-refractivity contribution in [3.05, 3.63) is 5.51 Å². The highest BCUT2D eigenvalue weighted by molar-refractivity contribution is 7.80. The number of nitrogens with one attached hydrogen (secondary N) is 1. The lowest BCUT2D eigenvalue weighted by atomic mass is 9.81. The summed E-state index contributed by atoms with van der Waals surface area (Å²) in [6.45, 7) is 3.78. The number of aromatic nitrogens is 2. The van der Waals surface area contributed by atoms with Crippen molar-refractivity contribution in [2.75, 3.05) is 5.32 Å². The van der Waals surface area contributed by atoms with Crippen LogP contribution in [0.4, 0.5) is 5.13 Å². The number of rotatable bonds is 5. The minimum atomic E-state index is -0.791. The molecular weight excluding hydrogens is 244 g/mol. The molecule has 0 aliphatic rings. The molecule has 0 radical (unpaired) electrons. The number of hydrogen-bond acceptors (Lipinski definition) is 5. The summed E-state index contributed by atoms with van der Waals surface area (Å²) in [7, 11) is 0. The van der Waals surface area contributed by atoms with E-state index in [1.54, 1.807) is 5.51 Å². The van der Waals surface area contributed by atoms with Crippen LogP contribution >= 0.6 is 23.6 Å². The third-order valence-corrected chi connectivity index (χ3v) is 3.69. The van der Waals surface area contributed by atoms with Crippen LogP contribution < -0.4 is 11.1 Å². The largest absolute Gasteiger partial charge is 0.392 e. The highest BCUT2D eigenvalue weighted by Crippen LogP contribution is 2.29. The van der Waals surface area contributed by atoms with E-state index in [4.69, 9.17) is 18.0 Å². The Bertz CT molecular complexity index is 373. The first-order chi connectivity index (χ1) is 7.56. The molecule has 16 heavy (non-hydrogen) atoms. The van der Waals surface area contributed by atoms with Gasteiger partial charge >= 0.3 is 0 Å². The molecule has 0 bridgehead atoms. The Morgan fingerprint density at radius 2 is 2.25 bits per heavy atom. The zero-order chi connectivity index (χ0) is 12.2. The number of nitrogens with two attached hydrogens (primary N) is 1. The summed E-state index contributed by atoms with van der Waals surface area (Å²) in [5.74, 6) is -0.207. The lowest BCUT2D eigenvalue weighted by Gasteiger charge is -2.28. The number of anilines is 1. The van der Waals surface area contributed by atoms with Gasteiger partial charge in [-0.15, -0.1) is 10.2 Å². The predicted octanol–water partition coefficient (Wildman–Crippen LogP) is 1.57. The summed E-state index contributed by atoms with van der Waals surface area (Å²) in [4.78, 5) is 12.3. The molecule has 1 amide bonds. The van der Waals surface area contributed by atoms with Crippen molar-refractivity contribution in [2.24, 2.45) is 11.1 Å². The van der Waals surface area contributed by atoms with E-state index in [0.29, 0.717) is 18.0 Å². The third-order valence-electron chi connectivity index (χ3n) is 2.69. The SMILES string of the molecule is CCC(CC)(C(=O)Nc1nncs1)C(N)=S. The topological polar surface area (TPSA) is 80.9 Å². The minimum absolute atomic E-state index is 0.207. The molecule has 1 heterocycles. The van der Waals surface area contributed by atoms with Gasteiger partial charge in [-0.05, 0) is 12.8 Å². The number of nitrogens with zero attached hydrogens (tertiary/aromatic N) is 2. The quantitative estimate of drug-likeness (QED) is 0.783. The first-order valence-electron chi connectivity index (χ1n) is 4.94. The zero-order valence-electron chi connectivity index (χ0n) is 9.19. The lowest BCUT2D eigenvalue weighted by Crippen LogP contribution is -2.45. The zero-order valence-corrected chi connectivity index (χ0v) is 10.8. The van der Waals surface area contributed by atoms with Gasteiger partial charge in [0.1, 0.15) is 5.51 Å². The maximum absolute atomic E-state index is 12.1. The Morgan fingerprint density at radius 1 is 1.62 bits per heavy atom. The van der Waals surface area contributed by atoms with Gasteiger partial charge in [-0.25, -0.2) is 0 Å². The minimum Gasteiger partial charge on any atom is -0.392 e. The molecule has 0 fully saturated rings. The van der Waals surface area contributed by atoms with Crippen molar-refractivity contribution >= 4 is 39.6 Å². The van der Waals surface area contributed by atoms with Crippen LogP contribution in [0, 0.1) is 5.41 Å². The number of carbonyl (C=O) groups is 1. The van der Waals surface area contributed by atoms with Crippen LogP contribution in [0.15, 0.2) is 5.51 Å². The van der Waals surface area contributed by atoms with Gasteiger partial charge in [-0.2, -0.15) is 0 Å². The molecule has 0 spiro atoms. The summed E-state index contributed by atoms with van der Waals surface area (Å²) < 4.78 is 0. The van der Waals surface area contributed by atoms with Crippen molar-refractivity contribution in [3.8, 4) is 0 Å². The van der Waals surface area contributed by atoms with E-state index >= 15 is 0 Å². The van der Waals surface area contributed by atoms with E-state index in [0.717, 1.165) is 0 Å². The predicted molar refractivity (Wildman–Crippen MR) is 68.3 cm³/mol. The second-order valence-corrected chi connectivity index (χ2v) is 4.62. The molecule has 88 valence electrons. The Labute approximate surface area is 103 Å². The number of amides is 1. The average Bonchev–Trinajstić information content (AvgIpc) is 2.72. The van der Waals surface area contributed by atoms with Crippen LogP contribution in [-0.2, 0) is 4.79 Å². The second kappa shape index (κ2) is 5.31. The van der Waals surface area contributed by atoms with Gasteiger partial charge in [0, 0.05) is 0 Å². The first-order valence-corrected chi connectivity index (χ1v) is 6.23. The molecule has 0 saturated heterocycles. The maximum Gasteiger partial charge on any atom is 0.239 e. The summed E-state index contributed by atoms with van der Waals surface area (Å²) in [5, 5.41) is 10.5. The van der Waals surface area contributed by atoms with Crippen molar-refractivity contribution in [2.45, 2.75) is 26.7 Å². The summed E-state index contributed by atoms with van der Waals surface area (Å²) in [6, 6.07) is 0. The number of thiocarbonyl (C=S) groups is 1. The monoisotopic (exact) mass is 258 g/mol. The highest BCUT2D eigenvalue weighted by atomic mass is 32.1. The van der Waals surface area contributed by atoms with Crippen LogP contribution in [0.3, 0.4) is 0 Å². The van der Waals surface area contributed by atoms with Crippen molar-refractivity contribution in [3.63, 3.8) is 0 Å². The maximum atomic E-state index is 12.1. The van der Waals surface area contributed by atoms with Crippen LogP contribution in [0.1, 0.15) is 26.7 Å². The molecule has 0 unspecified atom stereocenters. The van der Waals surface area contributed by atoms with E-state index in [9.17, 15) is 4.79 Å². The Hall–Kier alpha value is -1.08. The average molecular weight is 258 g/mol. The standard InChI is InChI=1S/C9H14N4OS2/c1-3-9(4-2,6(10)15)7(14)12-8-13-11-5-16-8/h5H,3-4H2,1-2H3,(H2,10,15)(H,12,13,14). The molecule has 0 saturated carbocycles. The fraction of sp³-hybridized carbons (Fsp3) is 0.556. The summed E-state index contributed by atoms with van der Waals surface area (Å²) in [5.41, 5.74) is 6.42. The smallest absolute Gasteiger partial charge is 0.239 e. The summed E-state index contributed by atoms with van der Waals surface area (Å²) in [6.07, 6.45) is 1.15. The Balaban J connectivity index is 2.88. The van der Waals surface area contributed by atoms with Gasteiger partial charge in [-0.3, -0.25) is 10.1 Å². The second-order valence-electron chi connectivity index (χ2n) is 3.35. The Morgan fingerprint density at radius 3 is 2.62 bits per heavy atom. The van der Waals surface area contributed by atoms with Crippen LogP contribution in [0.2, 0.25) is 0 Å². The Kier molecular flexibility index (Phi) is 4.31. The summed E-state index contributed by atoms with van der Waals surface area (Å²) >= 11 is 6.25. The van der Waals surface area contributed by atoms with E-state index in [-0.39, 0.29) is 10.9 Å². The molecule has 1 rings (SSSR count). The van der Waals surface area contributed by atoms with E-state index in [1.165, 1.54) is 11.3 Å². The van der Waals surface area contributed by atoms with Gasteiger partial charge in [0.2, 0.25) is 11.0 Å². The van der Waals surface area contributed by atoms with Crippen LogP contribution in [-0.4, -0.2) is 21.1 Å². The molecule has 5 nitrogen and oxygen atoms in total. The lowest BCUT2D eigenvalue weighted by molar-refractivity contribution is -0.122. The van der Waals surface area contributed by atoms with Crippen LogP contribution in [0.25, 0.3) is 0 Å². The fourth-order valence-electron chi connectivity index (χ4n) is 1.48. The van der Waals surface area contributed by atoms with E-state index in [2.05, 4.69) is 15.5 Å². The van der Waals surface area contributed by atoms with Crippen molar-refractivity contribution in [1.82, 2.24) is 10.2 Å². The molecular formula is C9H14N4OS2. The van der Waals surface area contributed by atoms with Crippen LogP contribution in [0.5, 0.6) is 0 Å². The fourth-order valence-corrected chi connectivity index (χ4v) is 2.30. The van der Waals surface area contributed by atoms with E-state index in [1.807, 2.05) is 13.8 Å². The van der Waals surface area contributed by atoms with Gasteiger partial charge < -0.3 is 5.73 Å². The molecule has 0 aliphatic heterocycles. The molecule has 1 aromatic heterocycles. The van der Waals surface area contributed by atoms with Gasteiger partial charge in [0.25, 0.3) is 0 Å². The van der Waals surface area contributed by atoms with Crippen molar-refractivity contribution < 1.29 is 4.79 Å².